The molecule has 6 nitrogen and oxygen atoms in total. The number of anilines is 1. The van der Waals surface area contributed by atoms with Gasteiger partial charge in [-0.25, -0.2) is 9.07 Å². The molecule has 0 aliphatic carbocycles. The number of ether oxygens (including phenoxy) is 1. The van der Waals surface area contributed by atoms with Gasteiger partial charge in [0, 0.05) is 10.6 Å². The van der Waals surface area contributed by atoms with Crippen LogP contribution in [0.25, 0.3) is 0 Å². The lowest BCUT2D eigenvalue weighted by Gasteiger charge is -2.31. The first-order valence-electron chi connectivity index (χ1n) is 7.79. The molecule has 0 bridgehead atoms. The second kappa shape index (κ2) is 6.33. The highest BCUT2D eigenvalue weighted by Gasteiger charge is 2.33. The van der Waals surface area contributed by atoms with Crippen molar-refractivity contribution < 1.29 is 9.13 Å². The Morgan fingerprint density at radius 2 is 2.04 bits per heavy atom. The molecule has 0 spiro atoms. The Kier molecular flexibility index (Phi) is 4.01. The number of hydrogen-bond donors (Lipinski definition) is 1. The Labute approximate surface area is 148 Å². The molecular formula is C17H15ClFN5O. The second-order valence-electron chi connectivity index (χ2n) is 5.80. The lowest BCUT2D eigenvalue weighted by atomic mass is 9.93. The molecule has 1 aliphatic heterocycles. The number of nitrogens with one attached hydrogen (secondary N) is 1. The average molecular weight is 360 g/mol. The monoisotopic (exact) mass is 359 g/mol. The van der Waals surface area contributed by atoms with Crippen molar-refractivity contribution in [3.63, 3.8) is 0 Å². The molecule has 0 saturated heterocycles. The smallest absolute Gasteiger partial charge is 0.243 e. The number of aromatic nitrogens is 4. The number of rotatable bonds is 3. The third-order valence-electron chi connectivity index (χ3n) is 4.40. The van der Waals surface area contributed by atoms with Crippen LogP contribution in [0.5, 0.6) is 5.75 Å². The van der Waals surface area contributed by atoms with E-state index in [0.717, 1.165) is 11.3 Å². The summed E-state index contributed by atoms with van der Waals surface area (Å²) in [5, 5.41) is 15.4. The second-order valence-corrected chi connectivity index (χ2v) is 6.21. The number of tetrazole rings is 1. The predicted molar refractivity (Wildman–Crippen MR) is 91.3 cm³/mol. The summed E-state index contributed by atoms with van der Waals surface area (Å²) < 4.78 is 21.2. The Morgan fingerprint density at radius 3 is 2.76 bits per heavy atom. The summed E-state index contributed by atoms with van der Waals surface area (Å²) in [6.45, 7) is 0. The van der Waals surface area contributed by atoms with Gasteiger partial charge >= 0.3 is 0 Å². The Morgan fingerprint density at radius 1 is 1.24 bits per heavy atom. The van der Waals surface area contributed by atoms with E-state index in [9.17, 15) is 4.39 Å². The van der Waals surface area contributed by atoms with Crippen molar-refractivity contribution >= 4 is 17.5 Å². The van der Waals surface area contributed by atoms with E-state index in [-0.39, 0.29) is 11.9 Å². The highest BCUT2D eigenvalue weighted by molar-refractivity contribution is 6.31. The molecule has 128 valence electrons. The SMILES string of the molecule is COc1ccc(C2CC(c3c(F)cccc3Cl)n3nnnc3N2)cc1. The summed E-state index contributed by atoms with van der Waals surface area (Å²) in [4.78, 5) is 0. The van der Waals surface area contributed by atoms with E-state index in [1.807, 2.05) is 24.3 Å². The molecule has 2 atom stereocenters. The Balaban J connectivity index is 1.75. The van der Waals surface area contributed by atoms with Crippen molar-refractivity contribution in [2.24, 2.45) is 0 Å². The first kappa shape index (κ1) is 15.8. The lowest BCUT2D eigenvalue weighted by Crippen LogP contribution is -2.28. The zero-order chi connectivity index (χ0) is 17.4. The maximum atomic E-state index is 14.5. The zero-order valence-corrected chi connectivity index (χ0v) is 14.1. The summed E-state index contributed by atoms with van der Waals surface area (Å²) in [6, 6.07) is 11.9. The summed E-state index contributed by atoms with van der Waals surface area (Å²) in [5.74, 6) is 0.892. The molecule has 3 aromatic rings. The number of fused-ring (bicyclic) bond motifs is 1. The van der Waals surface area contributed by atoms with Crippen LogP contribution in [0.15, 0.2) is 42.5 Å². The molecule has 0 fully saturated rings. The van der Waals surface area contributed by atoms with Crippen LogP contribution in [0.4, 0.5) is 10.3 Å². The quantitative estimate of drug-likeness (QED) is 0.773. The summed E-state index contributed by atoms with van der Waals surface area (Å²) in [6.07, 6.45) is 0.561. The average Bonchev–Trinajstić information content (AvgIpc) is 3.10. The van der Waals surface area contributed by atoms with E-state index in [1.165, 1.54) is 6.07 Å². The Bertz CT molecular complexity index is 878. The standard InChI is InChI=1S/C17H15ClFN5O/c1-25-11-7-5-10(6-8-11)14-9-15(24-17(20-14)21-22-23-24)16-12(18)3-2-4-13(16)19/h2-8,14-15H,9H2,1H3,(H,20,21,23). The summed E-state index contributed by atoms with van der Waals surface area (Å²) in [7, 11) is 1.62. The van der Waals surface area contributed by atoms with Crippen molar-refractivity contribution in [3.05, 3.63) is 64.4 Å². The molecule has 0 radical (unpaired) electrons. The number of nitrogens with zero attached hydrogens (tertiary/aromatic N) is 4. The largest absolute Gasteiger partial charge is 0.497 e. The van der Waals surface area contributed by atoms with Crippen molar-refractivity contribution in [1.82, 2.24) is 20.2 Å². The highest BCUT2D eigenvalue weighted by atomic mass is 35.5. The molecular weight excluding hydrogens is 345 g/mol. The van der Waals surface area contributed by atoms with Crippen molar-refractivity contribution in [2.75, 3.05) is 12.4 Å². The molecule has 1 aliphatic rings. The maximum absolute atomic E-state index is 14.5. The molecule has 0 amide bonds. The highest BCUT2D eigenvalue weighted by Crippen LogP contribution is 2.40. The predicted octanol–water partition coefficient (Wildman–Crippen LogP) is 3.62. The molecule has 4 rings (SSSR count). The summed E-state index contributed by atoms with van der Waals surface area (Å²) >= 11 is 6.27. The van der Waals surface area contributed by atoms with Gasteiger partial charge in [-0.15, -0.1) is 0 Å². The van der Waals surface area contributed by atoms with Gasteiger partial charge in [0.1, 0.15) is 11.6 Å². The van der Waals surface area contributed by atoms with Crippen LogP contribution in [0, 0.1) is 5.82 Å². The van der Waals surface area contributed by atoms with Crippen molar-refractivity contribution in [1.29, 1.82) is 0 Å². The van der Waals surface area contributed by atoms with Gasteiger partial charge in [0.05, 0.1) is 19.2 Å². The lowest BCUT2D eigenvalue weighted by molar-refractivity contribution is 0.407. The molecule has 1 aromatic heterocycles. The number of halogens is 2. The van der Waals surface area contributed by atoms with Gasteiger partial charge in [0.2, 0.25) is 5.95 Å². The molecule has 0 saturated carbocycles. The van der Waals surface area contributed by atoms with E-state index in [0.29, 0.717) is 23.0 Å². The van der Waals surface area contributed by atoms with Gasteiger partial charge in [-0.3, -0.25) is 0 Å². The van der Waals surface area contributed by atoms with Crippen LogP contribution >= 0.6 is 11.6 Å². The van der Waals surface area contributed by atoms with Gasteiger partial charge in [-0.2, -0.15) is 0 Å². The van der Waals surface area contributed by atoms with E-state index in [1.54, 1.807) is 23.9 Å². The third kappa shape index (κ3) is 2.80. The molecule has 1 N–H and O–H groups in total. The topological polar surface area (TPSA) is 64.9 Å². The molecule has 2 aromatic carbocycles. The summed E-state index contributed by atoms with van der Waals surface area (Å²) in [5.41, 5.74) is 1.44. The number of hydrogen-bond acceptors (Lipinski definition) is 5. The minimum Gasteiger partial charge on any atom is -0.497 e. The number of methoxy groups -OCH3 is 1. The van der Waals surface area contributed by atoms with Crippen LogP contribution in [0.1, 0.15) is 29.6 Å². The van der Waals surface area contributed by atoms with E-state index in [4.69, 9.17) is 16.3 Å². The molecule has 2 unspecified atom stereocenters. The Hall–Kier alpha value is -2.67. The van der Waals surface area contributed by atoms with Crippen molar-refractivity contribution in [3.8, 4) is 5.75 Å². The fourth-order valence-corrected chi connectivity index (χ4v) is 3.45. The zero-order valence-electron chi connectivity index (χ0n) is 13.4. The van der Waals surface area contributed by atoms with Crippen LogP contribution < -0.4 is 10.1 Å². The van der Waals surface area contributed by atoms with Crippen LogP contribution in [-0.2, 0) is 0 Å². The normalized spacial score (nSPS) is 19.2. The van der Waals surface area contributed by atoms with Crippen LogP contribution in [0.3, 0.4) is 0 Å². The molecule has 25 heavy (non-hydrogen) atoms. The van der Waals surface area contributed by atoms with Gasteiger partial charge in [-0.1, -0.05) is 34.9 Å². The van der Waals surface area contributed by atoms with Gasteiger partial charge in [0.25, 0.3) is 0 Å². The maximum Gasteiger partial charge on any atom is 0.243 e. The van der Waals surface area contributed by atoms with E-state index >= 15 is 0 Å². The number of benzene rings is 2. The van der Waals surface area contributed by atoms with Gasteiger partial charge in [0.15, 0.2) is 0 Å². The fourth-order valence-electron chi connectivity index (χ4n) is 3.16. The van der Waals surface area contributed by atoms with E-state index in [2.05, 4.69) is 20.8 Å². The molecule has 2 heterocycles. The molecule has 8 heteroatoms. The first-order valence-corrected chi connectivity index (χ1v) is 8.17. The van der Waals surface area contributed by atoms with Gasteiger partial charge < -0.3 is 10.1 Å². The van der Waals surface area contributed by atoms with Crippen LogP contribution in [-0.4, -0.2) is 27.3 Å². The van der Waals surface area contributed by atoms with E-state index < -0.39 is 6.04 Å². The fraction of sp³-hybridized carbons (Fsp3) is 0.235. The minimum absolute atomic E-state index is 0.0786. The third-order valence-corrected chi connectivity index (χ3v) is 4.73. The van der Waals surface area contributed by atoms with Crippen molar-refractivity contribution in [2.45, 2.75) is 18.5 Å². The van der Waals surface area contributed by atoms with Gasteiger partial charge in [-0.05, 0) is 46.7 Å². The minimum atomic E-state index is -0.396. The first-order chi connectivity index (χ1) is 12.2. The van der Waals surface area contributed by atoms with Crippen LogP contribution in [0.2, 0.25) is 5.02 Å².